The molecule has 0 unspecified atom stereocenters. The molecule has 0 saturated heterocycles. The van der Waals surface area contributed by atoms with Gasteiger partial charge in [-0.25, -0.2) is 9.37 Å². The highest BCUT2D eigenvalue weighted by Crippen LogP contribution is 2.33. The summed E-state index contributed by atoms with van der Waals surface area (Å²) in [6, 6.07) is 4.18. The standard InChI is InChI=1S/C21H20FN7O2S/c1-12-25-26-27-29(12)16-10-13(6-7-15(16)22)24-18(30)8-9-28-11-23-20-19(21(28)31)14-4-2-3-5-17(14)32-20/h6-7,10-11H,2-5,8-9H2,1H3,(H,24,30). The van der Waals surface area contributed by atoms with Crippen molar-refractivity contribution in [3.05, 3.63) is 57.0 Å². The van der Waals surface area contributed by atoms with E-state index in [4.69, 9.17) is 0 Å². The molecule has 1 aliphatic carbocycles. The van der Waals surface area contributed by atoms with Gasteiger partial charge in [0, 0.05) is 23.5 Å². The highest BCUT2D eigenvalue weighted by atomic mass is 32.1. The molecule has 1 N–H and O–H groups in total. The number of aromatic nitrogens is 6. The van der Waals surface area contributed by atoms with Crippen molar-refractivity contribution in [2.45, 2.75) is 45.6 Å². The number of halogens is 1. The summed E-state index contributed by atoms with van der Waals surface area (Å²) in [6.45, 7) is 1.86. The monoisotopic (exact) mass is 453 g/mol. The van der Waals surface area contributed by atoms with E-state index < -0.39 is 5.82 Å². The molecule has 3 aromatic heterocycles. The second-order valence-electron chi connectivity index (χ2n) is 7.74. The van der Waals surface area contributed by atoms with Gasteiger partial charge in [0.05, 0.1) is 11.7 Å². The Morgan fingerprint density at radius 3 is 2.94 bits per heavy atom. The maximum atomic E-state index is 14.2. The Hall–Kier alpha value is -3.47. The summed E-state index contributed by atoms with van der Waals surface area (Å²) < 4.78 is 17.0. The van der Waals surface area contributed by atoms with Crippen LogP contribution in [0.15, 0.2) is 29.3 Å². The molecule has 1 amide bonds. The number of rotatable bonds is 5. The Morgan fingerprint density at radius 2 is 2.12 bits per heavy atom. The molecule has 0 radical (unpaired) electrons. The molecule has 5 rings (SSSR count). The van der Waals surface area contributed by atoms with Gasteiger partial charge < -0.3 is 5.32 Å². The van der Waals surface area contributed by atoms with Crippen molar-refractivity contribution in [2.24, 2.45) is 0 Å². The zero-order chi connectivity index (χ0) is 22.2. The maximum absolute atomic E-state index is 14.2. The highest BCUT2D eigenvalue weighted by Gasteiger charge is 2.20. The normalized spacial score (nSPS) is 13.3. The molecule has 164 valence electrons. The van der Waals surface area contributed by atoms with Gasteiger partial charge in [0.15, 0.2) is 5.82 Å². The van der Waals surface area contributed by atoms with E-state index in [0.29, 0.717) is 16.9 Å². The molecule has 4 aromatic rings. The van der Waals surface area contributed by atoms with E-state index in [1.165, 1.54) is 38.7 Å². The van der Waals surface area contributed by atoms with E-state index in [1.807, 2.05) is 0 Å². The van der Waals surface area contributed by atoms with E-state index in [1.54, 1.807) is 18.3 Å². The summed E-state index contributed by atoms with van der Waals surface area (Å²) in [5.74, 6) is -0.385. The number of tetrazole rings is 1. The molecule has 32 heavy (non-hydrogen) atoms. The van der Waals surface area contributed by atoms with Crippen molar-refractivity contribution in [1.82, 2.24) is 29.8 Å². The average Bonchev–Trinajstić information content (AvgIpc) is 3.38. The van der Waals surface area contributed by atoms with Gasteiger partial charge in [-0.15, -0.1) is 16.4 Å². The summed E-state index contributed by atoms with van der Waals surface area (Å²) in [7, 11) is 0. The van der Waals surface area contributed by atoms with Crippen molar-refractivity contribution in [1.29, 1.82) is 0 Å². The second kappa shape index (κ2) is 8.23. The van der Waals surface area contributed by atoms with E-state index in [2.05, 4.69) is 25.8 Å². The van der Waals surface area contributed by atoms with Crippen LogP contribution in [0.4, 0.5) is 10.1 Å². The average molecular weight is 454 g/mol. The molecular formula is C21H20FN7O2S. The lowest BCUT2D eigenvalue weighted by Gasteiger charge is -2.11. The van der Waals surface area contributed by atoms with Crippen LogP contribution in [0, 0.1) is 12.7 Å². The summed E-state index contributed by atoms with van der Waals surface area (Å²) in [4.78, 5) is 32.0. The number of amides is 1. The van der Waals surface area contributed by atoms with Crippen LogP contribution in [0.5, 0.6) is 0 Å². The van der Waals surface area contributed by atoms with Crippen LogP contribution in [-0.2, 0) is 24.2 Å². The number of carbonyl (C=O) groups is 1. The topological polar surface area (TPSA) is 108 Å². The quantitative estimate of drug-likeness (QED) is 0.498. The summed E-state index contributed by atoms with van der Waals surface area (Å²) in [5, 5.41) is 14.5. The largest absolute Gasteiger partial charge is 0.326 e. The number of carbonyl (C=O) groups excluding carboxylic acids is 1. The molecule has 9 nitrogen and oxygen atoms in total. The van der Waals surface area contributed by atoms with Crippen molar-refractivity contribution >= 4 is 33.1 Å². The zero-order valence-electron chi connectivity index (χ0n) is 17.3. The van der Waals surface area contributed by atoms with Gasteiger partial charge in [-0.1, -0.05) is 0 Å². The first kappa shape index (κ1) is 20.4. The Labute approximate surface area is 185 Å². The summed E-state index contributed by atoms with van der Waals surface area (Å²) in [5.41, 5.74) is 1.58. The fourth-order valence-corrected chi connectivity index (χ4v) is 5.21. The first-order chi connectivity index (χ1) is 15.5. The molecular weight excluding hydrogens is 433 g/mol. The number of nitrogens with zero attached hydrogens (tertiary/aromatic N) is 6. The molecule has 0 spiro atoms. The Morgan fingerprint density at radius 1 is 1.28 bits per heavy atom. The number of fused-ring (bicyclic) bond motifs is 3. The lowest BCUT2D eigenvalue weighted by atomic mass is 9.97. The van der Waals surface area contributed by atoms with Crippen LogP contribution >= 0.6 is 11.3 Å². The number of thiophene rings is 1. The van der Waals surface area contributed by atoms with Crippen LogP contribution in [0.25, 0.3) is 15.9 Å². The molecule has 3 heterocycles. The Bertz CT molecular complexity index is 1390. The molecule has 0 atom stereocenters. The first-order valence-corrected chi connectivity index (χ1v) is 11.2. The molecule has 0 saturated carbocycles. The van der Waals surface area contributed by atoms with E-state index in [9.17, 15) is 14.0 Å². The molecule has 0 aliphatic heterocycles. The van der Waals surface area contributed by atoms with Gasteiger partial charge in [-0.05, 0) is 66.8 Å². The Balaban J connectivity index is 1.32. The number of hydrogen-bond acceptors (Lipinski definition) is 7. The fraction of sp³-hybridized carbons (Fsp3) is 0.333. The SMILES string of the molecule is Cc1nnnn1-c1cc(NC(=O)CCn2cnc3sc4c(c3c2=O)CCCC4)ccc1F. The summed E-state index contributed by atoms with van der Waals surface area (Å²) in [6.07, 6.45) is 5.73. The van der Waals surface area contributed by atoms with Crippen LogP contribution in [-0.4, -0.2) is 35.7 Å². The van der Waals surface area contributed by atoms with Crippen molar-refractivity contribution in [3.8, 4) is 5.69 Å². The third-order valence-electron chi connectivity index (χ3n) is 5.61. The van der Waals surface area contributed by atoms with Crippen LogP contribution in [0.1, 0.15) is 35.5 Å². The van der Waals surface area contributed by atoms with Crippen molar-refractivity contribution in [3.63, 3.8) is 0 Å². The Kier molecular flexibility index (Phi) is 5.25. The maximum Gasteiger partial charge on any atom is 0.262 e. The second-order valence-corrected chi connectivity index (χ2v) is 8.82. The molecule has 0 bridgehead atoms. The van der Waals surface area contributed by atoms with Crippen LogP contribution in [0.2, 0.25) is 0 Å². The lowest BCUT2D eigenvalue weighted by Crippen LogP contribution is -2.24. The van der Waals surface area contributed by atoms with Gasteiger partial charge in [0.1, 0.15) is 16.3 Å². The molecule has 0 fully saturated rings. The van der Waals surface area contributed by atoms with E-state index in [-0.39, 0.29) is 30.1 Å². The van der Waals surface area contributed by atoms with Gasteiger partial charge in [-0.3, -0.25) is 14.2 Å². The van der Waals surface area contributed by atoms with Crippen LogP contribution < -0.4 is 10.9 Å². The molecule has 1 aliphatic rings. The third-order valence-corrected chi connectivity index (χ3v) is 6.80. The van der Waals surface area contributed by atoms with Gasteiger partial charge >= 0.3 is 0 Å². The number of nitrogens with one attached hydrogen (secondary N) is 1. The van der Waals surface area contributed by atoms with Crippen molar-refractivity contribution < 1.29 is 9.18 Å². The number of anilines is 1. The van der Waals surface area contributed by atoms with Gasteiger partial charge in [0.25, 0.3) is 5.56 Å². The minimum Gasteiger partial charge on any atom is -0.326 e. The first-order valence-electron chi connectivity index (χ1n) is 10.4. The molecule has 11 heteroatoms. The highest BCUT2D eigenvalue weighted by molar-refractivity contribution is 7.18. The third kappa shape index (κ3) is 3.68. The number of aryl methyl sites for hydroxylation is 4. The summed E-state index contributed by atoms with van der Waals surface area (Å²) >= 11 is 1.60. The van der Waals surface area contributed by atoms with Gasteiger partial charge in [0.2, 0.25) is 5.91 Å². The predicted octanol–water partition coefficient (Wildman–Crippen LogP) is 2.79. The fourth-order valence-electron chi connectivity index (χ4n) is 3.99. The van der Waals surface area contributed by atoms with E-state index in [0.717, 1.165) is 36.1 Å². The smallest absolute Gasteiger partial charge is 0.262 e. The minimum atomic E-state index is -0.511. The zero-order valence-corrected chi connectivity index (χ0v) is 18.2. The van der Waals surface area contributed by atoms with E-state index >= 15 is 0 Å². The molecule has 1 aromatic carbocycles. The number of hydrogen-bond donors (Lipinski definition) is 1. The number of benzene rings is 1. The van der Waals surface area contributed by atoms with Crippen molar-refractivity contribution in [2.75, 3.05) is 5.32 Å². The minimum absolute atomic E-state index is 0.0794. The van der Waals surface area contributed by atoms with Gasteiger partial charge in [-0.2, -0.15) is 4.68 Å². The predicted molar refractivity (Wildman–Crippen MR) is 118 cm³/mol. The van der Waals surface area contributed by atoms with Crippen LogP contribution in [0.3, 0.4) is 0 Å². The lowest BCUT2D eigenvalue weighted by molar-refractivity contribution is -0.116.